The molecule has 3 aromatic carbocycles. The number of ether oxygens (including phenoxy) is 1. The first-order chi connectivity index (χ1) is 19.5. The molecule has 0 spiro atoms. The van der Waals surface area contributed by atoms with Gasteiger partial charge in [-0.3, -0.25) is 13.9 Å². The lowest BCUT2D eigenvalue weighted by Crippen LogP contribution is -2.51. The number of hydrogen-bond acceptors (Lipinski definition) is 5. The van der Waals surface area contributed by atoms with Crippen LogP contribution in [0.2, 0.25) is 10.0 Å². The zero-order valence-corrected chi connectivity index (χ0v) is 25.9. The van der Waals surface area contributed by atoms with Crippen LogP contribution in [0.25, 0.3) is 0 Å². The van der Waals surface area contributed by atoms with Gasteiger partial charge in [0.25, 0.3) is 10.0 Å². The van der Waals surface area contributed by atoms with Gasteiger partial charge < -0.3 is 15.0 Å². The minimum atomic E-state index is -4.22. The standard InChI is InChI=1S/C30H35Cl2N3O5S/c1-5-17-33-30(37)22(4)34(19-23-13-16-25(31)26(32)18-23)29(36)20-35(27-9-7-8-10-28(27)40-6-2)41(38,39)24-14-11-21(3)12-15-24/h7-16,18,22H,5-6,17,19-20H2,1-4H3,(H,33,37). The fourth-order valence-electron chi connectivity index (χ4n) is 4.10. The Balaban J connectivity index is 2.08. The predicted octanol–water partition coefficient (Wildman–Crippen LogP) is 5.84. The number of halogens is 2. The van der Waals surface area contributed by atoms with E-state index >= 15 is 0 Å². The van der Waals surface area contributed by atoms with Crippen LogP contribution in [0.1, 0.15) is 38.3 Å². The quantitative estimate of drug-likeness (QED) is 0.259. The lowest BCUT2D eigenvalue weighted by atomic mass is 10.1. The van der Waals surface area contributed by atoms with E-state index in [1.807, 2.05) is 13.8 Å². The van der Waals surface area contributed by atoms with Crippen molar-refractivity contribution in [1.82, 2.24) is 10.2 Å². The molecule has 0 fully saturated rings. The SMILES string of the molecule is CCCNC(=O)C(C)N(Cc1ccc(Cl)c(Cl)c1)C(=O)CN(c1ccccc1OCC)S(=O)(=O)c1ccc(C)cc1. The van der Waals surface area contributed by atoms with Crippen LogP contribution in [0, 0.1) is 6.92 Å². The summed E-state index contributed by atoms with van der Waals surface area (Å²) in [4.78, 5) is 28.4. The van der Waals surface area contributed by atoms with Gasteiger partial charge in [0.15, 0.2) is 0 Å². The van der Waals surface area contributed by atoms with Crippen LogP contribution in [0.4, 0.5) is 5.69 Å². The Labute approximate surface area is 252 Å². The summed E-state index contributed by atoms with van der Waals surface area (Å²) in [5, 5.41) is 3.47. The first-order valence-electron chi connectivity index (χ1n) is 13.3. The molecule has 0 bridgehead atoms. The van der Waals surface area contributed by atoms with E-state index in [1.165, 1.54) is 17.0 Å². The van der Waals surface area contributed by atoms with Gasteiger partial charge in [-0.2, -0.15) is 0 Å². The number of anilines is 1. The average Bonchev–Trinajstić information content (AvgIpc) is 2.95. The molecule has 0 aliphatic carbocycles. The van der Waals surface area contributed by atoms with Crippen molar-refractivity contribution < 1.29 is 22.7 Å². The second-order valence-electron chi connectivity index (χ2n) is 9.46. The molecule has 8 nitrogen and oxygen atoms in total. The zero-order chi connectivity index (χ0) is 30.2. The van der Waals surface area contributed by atoms with Crippen LogP contribution in [0.15, 0.2) is 71.6 Å². The summed E-state index contributed by atoms with van der Waals surface area (Å²) in [7, 11) is -4.22. The van der Waals surface area contributed by atoms with Gasteiger partial charge in [-0.15, -0.1) is 0 Å². The van der Waals surface area contributed by atoms with Gasteiger partial charge in [-0.1, -0.05) is 66.0 Å². The highest BCUT2D eigenvalue weighted by atomic mass is 35.5. The second kappa shape index (κ2) is 14.6. The minimum absolute atomic E-state index is 0.00194. The number of nitrogens with one attached hydrogen (secondary N) is 1. The normalized spacial score (nSPS) is 12.0. The van der Waals surface area contributed by atoms with Gasteiger partial charge >= 0.3 is 0 Å². The summed E-state index contributed by atoms with van der Waals surface area (Å²) in [6.45, 7) is 7.33. The number of carbonyl (C=O) groups excluding carboxylic acids is 2. The van der Waals surface area contributed by atoms with Crippen LogP contribution in [0.5, 0.6) is 5.75 Å². The Bertz CT molecular complexity index is 1470. The average molecular weight is 621 g/mol. The van der Waals surface area contributed by atoms with E-state index in [1.54, 1.807) is 68.4 Å². The van der Waals surface area contributed by atoms with Crippen LogP contribution >= 0.6 is 23.2 Å². The Hall–Kier alpha value is -3.27. The Morgan fingerprint density at radius 3 is 2.29 bits per heavy atom. The Morgan fingerprint density at radius 2 is 1.66 bits per heavy atom. The highest BCUT2D eigenvalue weighted by Gasteiger charge is 2.33. The van der Waals surface area contributed by atoms with Crippen molar-refractivity contribution in [2.45, 2.75) is 51.6 Å². The van der Waals surface area contributed by atoms with Gasteiger partial charge in [0.2, 0.25) is 11.8 Å². The number of nitrogens with zero attached hydrogens (tertiary/aromatic N) is 2. The van der Waals surface area contributed by atoms with E-state index in [0.717, 1.165) is 16.3 Å². The zero-order valence-electron chi connectivity index (χ0n) is 23.6. The van der Waals surface area contributed by atoms with Crippen molar-refractivity contribution in [3.63, 3.8) is 0 Å². The maximum Gasteiger partial charge on any atom is 0.264 e. The summed E-state index contributed by atoms with van der Waals surface area (Å²) in [6.07, 6.45) is 0.718. The molecule has 1 N–H and O–H groups in total. The molecule has 0 aliphatic heterocycles. The molecule has 1 atom stereocenters. The van der Waals surface area contributed by atoms with E-state index in [2.05, 4.69) is 5.32 Å². The number of rotatable bonds is 13. The van der Waals surface area contributed by atoms with Crippen molar-refractivity contribution in [2.75, 3.05) is 24.0 Å². The number of sulfonamides is 1. The molecular formula is C30H35Cl2N3O5S. The third-order valence-corrected chi connectivity index (χ3v) is 8.89. The number of benzene rings is 3. The van der Waals surface area contributed by atoms with Crippen molar-refractivity contribution in [3.05, 3.63) is 87.9 Å². The molecule has 0 radical (unpaired) electrons. The third-order valence-electron chi connectivity index (χ3n) is 6.38. The molecule has 11 heteroatoms. The first kappa shape index (κ1) is 32.2. The van der Waals surface area contributed by atoms with Gasteiger partial charge in [0, 0.05) is 13.1 Å². The molecule has 0 aromatic heterocycles. The van der Waals surface area contributed by atoms with Crippen molar-refractivity contribution in [1.29, 1.82) is 0 Å². The molecule has 0 aliphatic rings. The molecule has 0 heterocycles. The maximum absolute atomic E-state index is 14.0. The number of amides is 2. The first-order valence-corrected chi connectivity index (χ1v) is 15.5. The van der Waals surface area contributed by atoms with Crippen molar-refractivity contribution in [3.8, 4) is 5.75 Å². The topological polar surface area (TPSA) is 96.0 Å². The lowest BCUT2D eigenvalue weighted by Gasteiger charge is -2.32. The molecule has 3 rings (SSSR count). The van der Waals surface area contributed by atoms with Crippen molar-refractivity contribution in [2.24, 2.45) is 0 Å². The molecule has 2 amide bonds. The largest absolute Gasteiger partial charge is 0.492 e. The van der Waals surface area contributed by atoms with Crippen LogP contribution in [-0.2, 0) is 26.2 Å². The highest BCUT2D eigenvalue weighted by molar-refractivity contribution is 7.92. The molecular weight excluding hydrogens is 585 g/mol. The summed E-state index contributed by atoms with van der Waals surface area (Å²) in [5.41, 5.74) is 1.73. The lowest BCUT2D eigenvalue weighted by molar-refractivity contribution is -0.139. The van der Waals surface area contributed by atoms with Gasteiger partial charge in [-0.25, -0.2) is 8.42 Å². The molecule has 220 valence electrons. The van der Waals surface area contributed by atoms with Gasteiger partial charge in [0.1, 0.15) is 18.3 Å². The van der Waals surface area contributed by atoms with E-state index in [0.29, 0.717) is 34.5 Å². The molecule has 0 saturated carbocycles. The summed E-state index contributed by atoms with van der Waals surface area (Å²) in [6, 6.07) is 17.0. The monoisotopic (exact) mass is 619 g/mol. The van der Waals surface area contributed by atoms with E-state index in [4.69, 9.17) is 27.9 Å². The number of aryl methyl sites for hydroxylation is 1. The number of para-hydroxylation sites is 2. The summed E-state index contributed by atoms with van der Waals surface area (Å²) >= 11 is 12.3. The predicted molar refractivity (Wildman–Crippen MR) is 163 cm³/mol. The fraction of sp³-hybridized carbons (Fsp3) is 0.333. The molecule has 0 saturated heterocycles. The summed E-state index contributed by atoms with van der Waals surface area (Å²) < 4.78 is 34.8. The third kappa shape index (κ3) is 8.15. The van der Waals surface area contributed by atoms with Gasteiger partial charge in [-0.05, 0) is 69.2 Å². The fourth-order valence-corrected chi connectivity index (χ4v) is 5.85. The van der Waals surface area contributed by atoms with Crippen LogP contribution in [0.3, 0.4) is 0 Å². The van der Waals surface area contributed by atoms with E-state index in [9.17, 15) is 18.0 Å². The second-order valence-corrected chi connectivity index (χ2v) is 12.1. The van der Waals surface area contributed by atoms with Crippen LogP contribution in [-0.4, -0.2) is 50.9 Å². The Morgan fingerprint density at radius 1 is 0.976 bits per heavy atom. The van der Waals surface area contributed by atoms with E-state index < -0.39 is 28.5 Å². The molecule has 41 heavy (non-hydrogen) atoms. The van der Waals surface area contributed by atoms with E-state index in [-0.39, 0.29) is 23.0 Å². The van der Waals surface area contributed by atoms with Crippen LogP contribution < -0.4 is 14.4 Å². The number of hydrogen-bond donors (Lipinski definition) is 1. The smallest absolute Gasteiger partial charge is 0.264 e. The molecule has 3 aromatic rings. The highest BCUT2D eigenvalue weighted by Crippen LogP contribution is 2.33. The minimum Gasteiger partial charge on any atom is -0.492 e. The number of carbonyl (C=O) groups is 2. The molecule has 1 unspecified atom stereocenters. The van der Waals surface area contributed by atoms with Crippen molar-refractivity contribution >= 4 is 50.7 Å². The summed E-state index contributed by atoms with van der Waals surface area (Å²) in [5.74, 6) is -0.636. The maximum atomic E-state index is 14.0. The Kier molecular flexibility index (Phi) is 11.5. The van der Waals surface area contributed by atoms with Gasteiger partial charge in [0.05, 0.1) is 27.2 Å².